The van der Waals surface area contributed by atoms with Crippen molar-refractivity contribution in [2.45, 2.75) is 20.0 Å². The van der Waals surface area contributed by atoms with E-state index in [1.807, 2.05) is 6.92 Å². The Bertz CT molecular complexity index is 1010. The van der Waals surface area contributed by atoms with E-state index in [0.717, 1.165) is 28.3 Å². The second kappa shape index (κ2) is 7.33. The number of fused-ring (bicyclic) bond motifs is 1. The SMILES string of the molecule is Cc1ccc(C)c2sc(N3CCN(C(=O)c4ccc(C(F)(F)F)cc4)CC3)nc12. The first-order valence-corrected chi connectivity index (χ1v) is 10.1. The molecule has 1 saturated heterocycles. The Morgan fingerprint density at radius 2 is 1.59 bits per heavy atom. The van der Waals surface area contributed by atoms with Gasteiger partial charge in [-0.05, 0) is 49.2 Å². The van der Waals surface area contributed by atoms with E-state index in [2.05, 4.69) is 24.0 Å². The largest absolute Gasteiger partial charge is 0.416 e. The predicted octanol–water partition coefficient (Wildman–Crippen LogP) is 4.89. The average Bonchev–Trinajstić information content (AvgIpc) is 3.17. The molecule has 1 aromatic heterocycles. The smallest absolute Gasteiger partial charge is 0.345 e. The predicted molar refractivity (Wildman–Crippen MR) is 109 cm³/mol. The molecule has 0 spiro atoms. The molecule has 1 fully saturated rings. The number of thiazole rings is 1. The molecule has 0 atom stereocenters. The number of anilines is 1. The number of carbonyl (C=O) groups excluding carboxylic acids is 1. The monoisotopic (exact) mass is 419 g/mol. The third-order valence-corrected chi connectivity index (χ3v) is 6.48. The fraction of sp³-hybridized carbons (Fsp3) is 0.333. The van der Waals surface area contributed by atoms with Crippen LogP contribution >= 0.6 is 11.3 Å². The number of halogens is 3. The number of carbonyl (C=O) groups is 1. The normalized spacial score (nSPS) is 15.2. The fourth-order valence-electron chi connectivity index (χ4n) is 3.47. The quantitative estimate of drug-likeness (QED) is 0.593. The van der Waals surface area contributed by atoms with E-state index in [9.17, 15) is 18.0 Å². The zero-order chi connectivity index (χ0) is 20.8. The standard InChI is InChI=1S/C21H20F3N3OS/c1-13-3-4-14(2)18-17(13)25-20(29-18)27-11-9-26(10-12-27)19(28)15-5-7-16(8-6-15)21(22,23)24/h3-8H,9-12H2,1-2H3. The molecule has 29 heavy (non-hydrogen) atoms. The van der Waals surface area contributed by atoms with Crippen molar-refractivity contribution in [2.75, 3.05) is 31.1 Å². The second-order valence-corrected chi connectivity index (χ2v) is 8.21. The van der Waals surface area contributed by atoms with Gasteiger partial charge in [-0.15, -0.1) is 0 Å². The van der Waals surface area contributed by atoms with Gasteiger partial charge >= 0.3 is 6.18 Å². The Balaban J connectivity index is 1.45. The van der Waals surface area contributed by atoms with E-state index < -0.39 is 11.7 Å². The molecule has 3 aromatic rings. The first kappa shape index (κ1) is 19.7. The second-order valence-electron chi connectivity index (χ2n) is 7.23. The third kappa shape index (κ3) is 3.81. The fourth-order valence-corrected chi connectivity index (χ4v) is 4.63. The zero-order valence-corrected chi connectivity index (χ0v) is 16.9. The maximum atomic E-state index is 12.7. The van der Waals surface area contributed by atoms with Crippen molar-refractivity contribution in [1.82, 2.24) is 9.88 Å². The summed E-state index contributed by atoms with van der Waals surface area (Å²) in [6.45, 7) is 6.42. The van der Waals surface area contributed by atoms with Crippen LogP contribution in [0, 0.1) is 13.8 Å². The number of aromatic nitrogens is 1. The van der Waals surface area contributed by atoms with Crippen LogP contribution in [-0.4, -0.2) is 42.0 Å². The van der Waals surface area contributed by atoms with Gasteiger partial charge in [-0.25, -0.2) is 4.98 Å². The van der Waals surface area contributed by atoms with E-state index >= 15 is 0 Å². The summed E-state index contributed by atoms with van der Waals surface area (Å²) in [6, 6.07) is 8.57. The summed E-state index contributed by atoms with van der Waals surface area (Å²) in [6.07, 6.45) is -4.40. The highest BCUT2D eigenvalue weighted by molar-refractivity contribution is 7.22. The maximum absolute atomic E-state index is 12.7. The molecule has 1 aliphatic heterocycles. The summed E-state index contributed by atoms with van der Waals surface area (Å²) in [5, 5.41) is 0.944. The number of benzene rings is 2. The number of rotatable bonds is 2. The van der Waals surface area contributed by atoms with Crippen molar-refractivity contribution >= 4 is 32.6 Å². The molecule has 0 N–H and O–H groups in total. The molecule has 0 aliphatic carbocycles. The van der Waals surface area contributed by atoms with Crippen LogP contribution in [0.1, 0.15) is 27.0 Å². The van der Waals surface area contributed by atoms with Gasteiger partial charge < -0.3 is 9.80 Å². The summed E-state index contributed by atoms with van der Waals surface area (Å²) in [4.78, 5) is 21.3. The van der Waals surface area contributed by atoms with Gasteiger partial charge in [0.25, 0.3) is 5.91 Å². The van der Waals surface area contributed by atoms with Crippen LogP contribution in [0.15, 0.2) is 36.4 Å². The Morgan fingerprint density at radius 1 is 0.966 bits per heavy atom. The van der Waals surface area contributed by atoms with Crippen LogP contribution in [0.4, 0.5) is 18.3 Å². The summed E-state index contributed by atoms with van der Waals surface area (Å²) in [5.74, 6) is -0.241. The van der Waals surface area contributed by atoms with Gasteiger partial charge in [0, 0.05) is 31.7 Å². The van der Waals surface area contributed by atoms with E-state index in [1.165, 1.54) is 22.4 Å². The molecule has 4 rings (SSSR count). The minimum absolute atomic E-state index is 0.241. The van der Waals surface area contributed by atoms with Crippen molar-refractivity contribution in [2.24, 2.45) is 0 Å². The number of alkyl halides is 3. The first-order valence-electron chi connectivity index (χ1n) is 9.32. The lowest BCUT2D eigenvalue weighted by atomic mass is 10.1. The topological polar surface area (TPSA) is 36.4 Å². The Morgan fingerprint density at radius 3 is 2.17 bits per heavy atom. The summed E-state index contributed by atoms with van der Waals surface area (Å²) >= 11 is 1.66. The van der Waals surface area contributed by atoms with Crippen LogP contribution < -0.4 is 4.90 Å². The van der Waals surface area contributed by atoms with Crippen molar-refractivity contribution in [1.29, 1.82) is 0 Å². The summed E-state index contributed by atoms with van der Waals surface area (Å²) in [5.41, 5.74) is 2.89. The molecular weight excluding hydrogens is 399 g/mol. The molecule has 0 saturated carbocycles. The minimum Gasteiger partial charge on any atom is -0.345 e. The lowest BCUT2D eigenvalue weighted by Crippen LogP contribution is -2.48. The van der Waals surface area contributed by atoms with Gasteiger partial charge in [-0.1, -0.05) is 23.5 Å². The average molecular weight is 419 g/mol. The van der Waals surface area contributed by atoms with Crippen molar-refractivity contribution in [3.63, 3.8) is 0 Å². The molecule has 2 heterocycles. The number of hydrogen-bond acceptors (Lipinski definition) is 4. The van der Waals surface area contributed by atoms with Crippen LogP contribution in [0.25, 0.3) is 10.2 Å². The van der Waals surface area contributed by atoms with Gasteiger partial charge in [-0.2, -0.15) is 13.2 Å². The molecule has 0 bridgehead atoms. The molecule has 8 heteroatoms. The highest BCUT2D eigenvalue weighted by Gasteiger charge is 2.31. The van der Waals surface area contributed by atoms with Gasteiger partial charge in [0.15, 0.2) is 5.13 Å². The van der Waals surface area contributed by atoms with E-state index in [4.69, 9.17) is 4.98 Å². The Labute approximate surface area is 170 Å². The van der Waals surface area contributed by atoms with E-state index in [0.29, 0.717) is 26.2 Å². The minimum atomic E-state index is -4.40. The third-order valence-electron chi connectivity index (χ3n) is 5.23. The number of nitrogens with zero attached hydrogens (tertiary/aromatic N) is 3. The molecule has 2 aromatic carbocycles. The molecule has 0 radical (unpaired) electrons. The number of hydrogen-bond donors (Lipinski definition) is 0. The zero-order valence-electron chi connectivity index (χ0n) is 16.1. The van der Waals surface area contributed by atoms with Gasteiger partial charge in [0.05, 0.1) is 15.8 Å². The molecule has 1 amide bonds. The van der Waals surface area contributed by atoms with Crippen molar-refractivity contribution in [3.05, 3.63) is 58.7 Å². The van der Waals surface area contributed by atoms with Crippen LogP contribution in [-0.2, 0) is 6.18 Å². The van der Waals surface area contributed by atoms with Crippen LogP contribution in [0.5, 0.6) is 0 Å². The van der Waals surface area contributed by atoms with E-state index in [-0.39, 0.29) is 11.5 Å². The first-order chi connectivity index (χ1) is 13.7. The summed E-state index contributed by atoms with van der Waals surface area (Å²) in [7, 11) is 0. The number of piperazine rings is 1. The van der Waals surface area contributed by atoms with Gasteiger partial charge in [-0.3, -0.25) is 4.79 Å². The lowest BCUT2D eigenvalue weighted by Gasteiger charge is -2.34. The van der Waals surface area contributed by atoms with Crippen LogP contribution in [0.3, 0.4) is 0 Å². The highest BCUT2D eigenvalue weighted by atomic mass is 32.1. The molecule has 1 aliphatic rings. The number of amides is 1. The van der Waals surface area contributed by atoms with Crippen molar-refractivity contribution in [3.8, 4) is 0 Å². The molecule has 152 valence electrons. The van der Waals surface area contributed by atoms with Gasteiger partial charge in [0.2, 0.25) is 0 Å². The van der Waals surface area contributed by atoms with Crippen molar-refractivity contribution < 1.29 is 18.0 Å². The van der Waals surface area contributed by atoms with Gasteiger partial charge in [0.1, 0.15) is 0 Å². The molecular formula is C21H20F3N3OS. The van der Waals surface area contributed by atoms with Crippen LogP contribution in [0.2, 0.25) is 0 Å². The molecule has 4 nitrogen and oxygen atoms in total. The Hall–Kier alpha value is -2.61. The summed E-state index contributed by atoms with van der Waals surface area (Å²) < 4.78 is 39.3. The maximum Gasteiger partial charge on any atom is 0.416 e. The van der Waals surface area contributed by atoms with E-state index in [1.54, 1.807) is 16.2 Å². The lowest BCUT2D eigenvalue weighted by molar-refractivity contribution is -0.137. The number of aryl methyl sites for hydroxylation is 2. The molecule has 0 unspecified atom stereocenters. The highest BCUT2D eigenvalue weighted by Crippen LogP contribution is 2.33. The Kier molecular flexibility index (Phi) is 4.98.